The predicted molar refractivity (Wildman–Crippen MR) is 88.1 cm³/mol. The molecular formula is C14H19N3O2S2. The minimum absolute atomic E-state index is 0.0546. The molecule has 0 aliphatic carbocycles. The van der Waals surface area contributed by atoms with Crippen molar-refractivity contribution in [2.75, 3.05) is 5.75 Å². The molecule has 0 saturated carbocycles. The molecule has 2 heterocycles. The van der Waals surface area contributed by atoms with Gasteiger partial charge in [-0.25, -0.2) is 4.98 Å². The van der Waals surface area contributed by atoms with Crippen LogP contribution >= 0.6 is 23.1 Å². The van der Waals surface area contributed by atoms with Crippen LogP contribution < -0.4 is 5.56 Å². The molecule has 0 aromatic carbocycles. The zero-order chi connectivity index (χ0) is 15.6. The van der Waals surface area contributed by atoms with Crippen LogP contribution in [0.5, 0.6) is 0 Å². The molecular weight excluding hydrogens is 306 g/mol. The summed E-state index contributed by atoms with van der Waals surface area (Å²) in [6.07, 6.45) is 0. The molecule has 0 aliphatic heterocycles. The molecule has 0 fully saturated rings. The van der Waals surface area contributed by atoms with E-state index in [0.717, 1.165) is 0 Å². The first-order valence-electron chi connectivity index (χ1n) is 6.81. The number of hydrogen-bond donors (Lipinski definition) is 1. The van der Waals surface area contributed by atoms with E-state index in [1.807, 2.05) is 38.0 Å². The van der Waals surface area contributed by atoms with Crippen LogP contribution in [0.3, 0.4) is 0 Å². The topological polar surface area (TPSA) is 66.1 Å². The van der Waals surface area contributed by atoms with Gasteiger partial charge in [0.05, 0.1) is 11.1 Å². The molecule has 0 unspecified atom stereocenters. The lowest BCUT2D eigenvalue weighted by Crippen LogP contribution is -2.43. The van der Waals surface area contributed by atoms with Crippen molar-refractivity contribution in [1.29, 1.82) is 0 Å². The number of nitrogens with one attached hydrogen (secondary N) is 1. The third-order valence-electron chi connectivity index (χ3n) is 3.05. The Balaban J connectivity index is 2.10. The summed E-state index contributed by atoms with van der Waals surface area (Å²) in [6.45, 7) is 8.00. The number of H-pyrrole nitrogens is 1. The highest BCUT2D eigenvalue weighted by Crippen LogP contribution is 2.19. The van der Waals surface area contributed by atoms with Crippen LogP contribution in [-0.4, -0.2) is 38.6 Å². The van der Waals surface area contributed by atoms with Crippen molar-refractivity contribution in [3.63, 3.8) is 0 Å². The van der Waals surface area contributed by atoms with Crippen LogP contribution in [-0.2, 0) is 4.79 Å². The van der Waals surface area contributed by atoms with E-state index in [-0.39, 0.29) is 29.3 Å². The zero-order valence-electron chi connectivity index (χ0n) is 12.5. The third kappa shape index (κ3) is 3.65. The number of rotatable bonds is 5. The molecule has 5 nitrogen and oxygen atoms in total. The van der Waals surface area contributed by atoms with Gasteiger partial charge in [0.2, 0.25) is 5.91 Å². The van der Waals surface area contributed by atoms with E-state index < -0.39 is 0 Å². The molecule has 0 spiro atoms. The monoisotopic (exact) mass is 325 g/mol. The Kier molecular flexibility index (Phi) is 5.05. The van der Waals surface area contributed by atoms with Crippen molar-refractivity contribution < 1.29 is 4.79 Å². The van der Waals surface area contributed by atoms with Gasteiger partial charge in [0, 0.05) is 12.1 Å². The number of carbonyl (C=O) groups excluding carboxylic acids is 1. The molecule has 1 N–H and O–H groups in total. The van der Waals surface area contributed by atoms with E-state index in [1.165, 1.54) is 23.1 Å². The minimum Gasteiger partial charge on any atom is -0.337 e. The summed E-state index contributed by atoms with van der Waals surface area (Å²) >= 11 is 2.70. The van der Waals surface area contributed by atoms with Crippen LogP contribution in [0.1, 0.15) is 27.7 Å². The maximum atomic E-state index is 12.3. The Morgan fingerprint density at radius 3 is 2.67 bits per heavy atom. The quantitative estimate of drug-likeness (QED) is 0.678. The first-order valence-corrected chi connectivity index (χ1v) is 8.68. The maximum Gasteiger partial charge on any atom is 0.260 e. The Morgan fingerprint density at radius 2 is 2.05 bits per heavy atom. The first kappa shape index (κ1) is 16.0. The second kappa shape index (κ2) is 6.62. The molecule has 0 saturated heterocycles. The summed E-state index contributed by atoms with van der Waals surface area (Å²) < 4.78 is 0. The average Bonchev–Trinajstić information content (AvgIpc) is 2.84. The summed E-state index contributed by atoms with van der Waals surface area (Å²) in [5.41, 5.74) is -0.152. The number of fused-ring (bicyclic) bond motifs is 1. The fourth-order valence-electron chi connectivity index (χ4n) is 2.29. The molecule has 2 aromatic rings. The van der Waals surface area contributed by atoms with Gasteiger partial charge in [-0.15, -0.1) is 11.3 Å². The fraction of sp³-hybridized carbons (Fsp3) is 0.500. The van der Waals surface area contributed by atoms with Crippen LogP contribution in [0.4, 0.5) is 0 Å². The fourth-order valence-corrected chi connectivity index (χ4v) is 3.84. The number of amides is 1. The van der Waals surface area contributed by atoms with Gasteiger partial charge in [0.25, 0.3) is 5.56 Å². The highest BCUT2D eigenvalue weighted by molar-refractivity contribution is 7.99. The molecule has 0 atom stereocenters. The van der Waals surface area contributed by atoms with Gasteiger partial charge in [-0.05, 0) is 39.1 Å². The number of hydrogen-bond acceptors (Lipinski definition) is 5. The Morgan fingerprint density at radius 1 is 1.38 bits per heavy atom. The van der Waals surface area contributed by atoms with Gasteiger partial charge >= 0.3 is 0 Å². The van der Waals surface area contributed by atoms with E-state index in [9.17, 15) is 9.59 Å². The van der Waals surface area contributed by atoms with Crippen LogP contribution in [0.25, 0.3) is 10.2 Å². The Hall–Kier alpha value is -1.34. The molecule has 114 valence electrons. The van der Waals surface area contributed by atoms with E-state index in [0.29, 0.717) is 15.4 Å². The zero-order valence-corrected chi connectivity index (χ0v) is 14.2. The highest BCUT2D eigenvalue weighted by Gasteiger charge is 2.20. The number of aromatic nitrogens is 2. The number of nitrogens with zero attached hydrogens (tertiary/aromatic N) is 2. The summed E-state index contributed by atoms with van der Waals surface area (Å²) in [4.78, 5) is 33.8. The lowest BCUT2D eigenvalue weighted by Gasteiger charge is -2.30. The van der Waals surface area contributed by atoms with Gasteiger partial charge in [0.15, 0.2) is 5.16 Å². The van der Waals surface area contributed by atoms with Gasteiger partial charge in [-0.1, -0.05) is 11.8 Å². The summed E-state index contributed by atoms with van der Waals surface area (Å²) in [5, 5.41) is 2.93. The van der Waals surface area contributed by atoms with E-state index in [1.54, 1.807) is 6.07 Å². The smallest absolute Gasteiger partial charge is 0.260 e. The molecule has 0 aliphatic rings. The highest BCUT2D eigenvalue weighted by atomic mass is 32.2. The number of thioether (sulfide) groups is 1. The molecule has 21 heavy (non-hydrogen) atoms. The largest absolute Gasteiger partial charge is 0.337 e. The second-order valence-electron chi connectivity index (χ2n) is 5.29. The van der Waals surface area contributed by atoms with Crippen molar-refractivity contribution >= 4 is 39.2 Å². The molecule has 7 heteroatoms. The standard InChI is InChI=1S/C14H19N3O2S2/c1-8(2)17(9(3)4)11(18)7-21-14-15-12(19)10-5-6-20-13(10)16-14/h5-6,8-9H,7H2,1-4H3,(H,15,16,19). The molecule has 0 radical (unpaired) electrons. The van der Waals surface area contributed by atoms with E-state index >= 15 is 0 Å². The predicted octanol–water partition coefficient (Wildman–Crippen LogP) is 2.72. The van der Waals surface area contributed by atoms with Gasteiger partial charge < -0.3 is 9.88 Å². The normalized spacial score (nSPS) is 11.5. The first-order chi connectivity index (χ1) is 9.90. The molecule has 1 amide bonds. The summed E-state index contributed by atoms with van der Waals surface area (Å²) in [6, 6.07) is 2.07. The number of thiophene rings is 1. The molecule has 2 rings (SSSR count). The van der Waals surface area contributed by atoms with Crippen molar-refractivity contribution in [3.8, 4) is 0 Å². The average molecular weight is 325 g/mol. The van der Waals surface area contributed by atoms with E-state index in [4.69, 9.17) is 0 Å². The second-order valence-corrected chi connectivity index (χ2v) is 7.15. The lowest BCUT2D eigenvalue weighted by molar-refractivity contribution is -0.131. The van der Waals surface area contributed by atoms with Crippen molar-refractivity contribution in [1.82, 2.24) is 14.9 Å². The minimum atomic E-state index is -0.152. The molecule has 0 bridgehead atoms. The Labute approximate surface area is 131 Å². The van der Waals surface area contributed by atoms with Gasteiger partial charge in [-0.3, -0.25) is 9.59 Å². The van der Waals surface area contributed by atoms with Crippen LogP contribution in [0.15, 0.2) is 21.4 Å². The lowest BCUT2D eigenvalue weighted by atomic mass is 10.2. The summed E-state index contributed by atoms with van der Waals surface area (Å²) in [7, 11) is 0. The maximum absolute atomic E-state index is 12.3. The Bertz CT molecular complexity index is 683. The van der Waals surface area contributed by atoms with E-state index in [2.05, 4.69) is 9.97 Å². The summed E-state index contributed by atoms with van der Waals surface area (Å²) in [5.74, 6) is 0.329. The van der Waals surface area contributed by atoms with Gasteiger partial charge in [0.1, 0.15) is 4.83 Å². The van der Waals surface area contributed by atoms with Crippen molar-refractivity contribution in [2.24, 2.45) is 0 Å². The third-order valence-corrected chi connectivity index (χ3v) is 4.71. The van der Waals surface area contributed by atoms with Crippen LogP contribution in [0, 0.1) is 0 Å². The molecule has 2 aromatic heterocycles. The van der Waals surface area contributed by atoms with Crippen molar-refractivity contribution in [3.05, 3.63) is 21.8 Å². The van der Waals surface area contributed by atoms with Gasteiger partial charge in [-0.2, -0.15) is 0 Å². The van der Waals surface area contributed by atoms with Crippen LogP contribution in [0.2, 0.25) is 0 Å². The number of carbonyl (C=O) groups is 1. The SMILES string of the molecule is CC(C)N(C(=O)CSc1nc2sccc2c(=O)[nH]1)C(C)C. The number of aromatic amines is 1. The van der Waals surface area contributed by atoms with Crippen molar-refractivity contribution in [2.45, 2.75) is 44.9 Å².